The Morgan fingerprint density at radius 3 is 2.04 bits per heavy atom. The lowest BCUT2D eigenvalue weighted by Gasteiger charge is -2.10. The zero-order valence-corrected chi connectivity index (χ0v) is 13.3. The minimum absolute atomic E-state index is 0.0550. The molecule has 0 radical (unpaired) electrons. The molecule has 0 fully saturated rings. The van der Waals surface area contributed by atoms with E-state index < -0.39 is 39.4 Å². The normalized spacial score (nSPS) is 11.2. The highest BCUT2D eigenvalue weighted by atomic mass is 35.5. The van der Waals surface area contributed by atoms with Crippen molar-refractivity contribution >= 4 is 51.2 Å². The van der Waals surface area contributed by atoms with Crippen molar-refractivity contribution in [2.45, 2.75) is 0 Å². The summed E-state index contributed by atoms with van der Waals surface area (Å²) >= 11 is 11.9. The van der Waals surface area contributed by atoms with Crippen LogP contribution < -0.4 is 22.6 Å². The largest absolute Gasteiger partial charge is 0.453 e. The highest BCUT2D eigenvalue weighted by Gasteiger charge is 2.21. The Bertz CT molecular complexity index is 1040. The summed E-state index contributed by atoms with van der Waals surface area (Å²) in [6.45, 7) is 0. The van der Waals surface area contributed by atoms with Gasteiger partial charge in [0.25, 0.3) is 0 Å². The van der Waals surface area contributed by atoms with Crippen LogP contribution >= 0.6 is 23.2 Å². The van der Waals surface area contributed by atoms with Crippen LogP contribution in [0.25, 0.3) is 22.3 Å². The Balaban J connectivity index is 2.39. The first-order chi connectivity index (χ1) is 11.2. The number of nitrogens with two attached hydrogens (primary N) is 3. The molecule has 0 amide bonds. The Kier molecular flexibility index (Phi) is 3.77. The summed E-state index contributed by atoms with van der Waals surface area (Å²) in [7, 11) is 0. The minimum atomic E-state index is -1.22. The van der Waals surface area contributed by atoms with E-state index in [1.54, 1.807) is 0 Å². The van der Waals surface area contributed by atoms with Crippen LogP contribution in [0.4, 0.5) is 25.8 Å². The van der Waals surface area contributed by atoms with E-state index in [4.69, 9.17) is 44.8 Å². The molecular formula is C15H9Cl2F2N3O2. The van der Waals surface area contributed by atoms with E-state index in [2.05, 4.69) is 0 Å². The number of nitrogen functional groups attached to an aromatic ring is 3. The topological polar surface area (TPSA) is 108 Å². The molecule has 6 N–H and O–H groups in total. The highest BCUT2D eigenvalue weighted by molar-refractivity contribution is 6.39. The van der Waals surface area contributed by atoms with Gasteiger partial charge in [-0.2, -0.15) is 0 Å². The SMILES string of the molecule is Nc1c(Cl)cc(-c2cc(=O)c3c(N)c(F)c(N)c(F)c3o2)cc1Cl. The Hall–Kier alpha value is -2.51. The van der Waals surface area contributed by atoms with Gasteiger partial charge in [0.15, 0.2) is 22.6 Å². The van der Waals surface area contributed by atoms with Gasteiger partial charge in [-0.15, -0.1) is 0 Å². The van der Waals surface area contributed by atoms with Crippen molar-refractivity contribution in [3.8, 4) is 11.3 Å². The van der Waals surface area contributed by atoms with Crippen molar-refractivity contribution in [2.24, 2.45) is 0 Å². The Morgan fingerprint density at radius 1 is 0.875 bits per heavy atom. The van der Waals surface area contributed by atoms with Crippen LogP contribution in [0, 0.1) is 11.6 Å². The zero-order chi connectivity index (χ0) is 17.8. The van der Waals surface area contributed by atoms with Crippen molar-refractivity contribution in [3.63, 3.8) is 0 Å². The van der Waals surface area contributed by atoms with Gasteiger partial charge in [-0.05, 0) is 12.1 Å². The predicted molar refractivity (Wildman–Crippen MR) is 91.1 cm³/mol. The van der Waals surface area contributed by atoms with Crippen molar-refractivity contribution < 1.29 is 13.2 Å². The number of fused-ring (bicyclic) bond motifs is 1. The van der Waals surface area contributed by atoms with E-state index in [1.165, 1.54) is 12.1 Å². The van der Waals surface area contributed by atoms with Gasteiger partial charge in [-0.3, -0.25) is 4.79 Å². The first-order valence-corrected chi connectivity index (χ1v) is 7.22. The van der Waals surface area contributed by atoms with Crippen molar-refractivity contribution in [2.75, 3.05) is 17.2 Å². The second-order valence-electron chi connectivity index (χ2n) is 4.99. The standard InChI is InChI=1S/C15H9Cl2F2N3O2/c16-5-1-4(2-6(17)12(5)20)8-3-7(23)9-13(21)10(18)14(22)11(19)15(9)24-8/h1-3H,20-22H2. The number of halogens is 4. The maximum absolute atomic E-state index is 14.2. The van der Waals surface area contributed by atoms with Crippen LogP contribution in [0.2, 0.25) is 10.0 Å². The first kappa shape index (κ1) is 16.4. The third-order valence-corrected chi connectivity index (χ3v) is 4.11. The van der Waals surface area contributed by atoms with Gasteiger partial charge in [0.05, 0.1) is 26.8 Å². The van der Waals surface area contributed by atoms with Gasteiger partial charge in [-0.25, -0.2) is 8.78 Å². The van der Waals surface area contributed by atoms with Gasteiger partial charge < -0.3 is 21.6 Å². The molecule has 24 heavy (non-hydrogen) atoms. The molecule has 3 aromatic rings. The van der Waals surface area contributed by atoms with Crippen LogP contribution in [0.1, 0.15) is 0 Å². The molecule has 1 aromatic heterocycles. The van der Waals surface area contributed by atoms with E-state index in [9.17, 15) is 13.6 Å². The van der Waals surface area contributed by atoms with Gasteiger partial charge in [0, 0.05) is 11.6 Å². The molecule has 5 nitrogen and oxygen atoms in total. The molecule has 0 aliphatic heterocycles. The van der Waals surface area contributed by atoms with Gasteiger partial charge in [0.2, 0.25) is 0 Å². The van der Waals surface area contributed by atoms with Crippen molar-refractivity contribution in [1.82, 2.24) is 0 Å². The summed E-state index contributed by atoms with van der Waals surface area (Å²) < 4.78 is 33.3. The van der Waals surface area contributed by atoms with Crippen LogP contribution in [0.3, 0.4) is 0 Å². The smallest absolute Gasteiger partial charge is 0.195 e. The lowest BCUT2D eigenvalue weighted by Crippen LogP contribution is -2.10. The first-order valence-electron chi connectivity index (χ1n) is 6.47. The fraction of sp³-hybridized carbons (Fsp3) is 0. The highest BCUT2D eigenvalue weighted by Crippen LogP contribution is 2.36. The van der Waals surface area contributed by atoms with E-state index in [1.807, 2.05) is 0 Å². The summed E-state index contributed by atoms with van der Waals surface area (Å²) in [5.41, 5.74) is 14.1. The Morgan fingerprint density at radius 2 is 1.46 bits per heavy atom. The van der Waals surface area contributed by atoms with Crippen LogP contribution in [0.15, 0.2) is 27.4 Å². The summed E-state index contributed by atoms with van der Waals surface area (Å²) in [5, 5.41) is -0.187. The van der Waals surface area contributed by atoms with Gasteiger partial charge in [0.1, 0.15) is 11.4 Å². The molecule has 0 bridgehead atoms. The Labute approximate surface area is 143 Å². The van der Waals surface area contributed by atoms with E-state index in [0.717, 1.165) is 6.07 Å². The van der Waals surface area contributed by atoms with E-state index >= 15 is 0 Å². The maximum atomic E-state index is 14.2. The predicted octanol–water partition coefficient (Wildman–Crippen LogP) is 3.79. The lowest BCUT2D eigenvalue weighted by molar-refractivity contribution is 0.551. The molecule has 3 rings (SSSR count). The number of hydrogen-bond acceptors (Lipinski definition) is 5. The quantitative estimate of drug-likeness (QED) is 0.563. The summed E-state index contributed by atoms with van der Waals surface area (Å²) in [6.07, 6.45) is 0. The average molecular weight is 372 g/mol. The second-order valence-corrected chi connectivity index (χ2v) is 5.80. The average Bonchev–Trinajstić information content (AvgIpc) is 2.54. The molecule has 1 heterocycles. The maximum Gasteiger partial charge on any atom is 0.195 e. The van der Waals surface area contributed by atoms with E-state index in [0.29, 0.717) is 0 Å². The summed E-state index contributed by atoms with van der Waals surface area (Å²) in [4.78, 5) is 12.2. The monoisotopic (exact) mass is 371 g/mol. The van der Waals surface area contributed by atoms with E-state index in [-0.39, 0.29) is 27.1 Å². The van der Waals surface area contributed by atoms with Crippen LogP contribution in [-0.4, -0.2) is 0 Å². The van der Waals surface area contributed by atoms with Crippen LogP contribution in [-0.2, 0) is 0 Å². The molecule has 0 atom stereocenters. The molecule has 0 spiro atoms. The minimum Gasteiger partial charge on any atom is -0.453 e. The van der Waals surface area contributed by atoms with Crippen LogP contribution in [0.5, 0.6) is 0 Å². The molecule has 9 heteroatoms. The second kappa shape index (κ2) is 5.54. The number of rotatable bonds is 1. The third-order valence-electron chi connectivity index (χ3n) is 3.49. The summed E-state index contributed by atoms with van der Waals surface area (Å²) in [5.74, 6) is -2.48. The lowest BCUT2D eigenvalue weighted by atomic mass is 10.1. The number of benzene rings is 2. The fourth-order valence-electron chi connectivity index (χ4n) is 2.25. The molecule has 0 aliphatic carbocycles. The number of anilines is 3. The van der Waals surface area contributed by atoms with Gasteiger partial charge >= 0.3 is 0 Å². The molecular weight excluding hydrogens is 363 g/mol. The number of hydrogen-bond donors (Lipinski definition) is 3. The molecule has 124 valence electrons. The molecule has 0 saturated carbocycles. The third kappa shape index (κ3) is 2.33. The fourth-order valence-corrected chi connectivity index (χ4v) is 2.73. The molecule has 0 aliphatic rings. The molecule has 0 saturated heterocycles. The van der Waals surface area contributed by atoms with Crippen molar-refractivity contribution in [1.29, 1.82) is 0 Å². The molecule has 2 aromatic carbocycles. The van der Waals surface area contributed by atoms with Gasteiger partial charge in [-0.1, -0.05) is 23.2 Å². The molecule has 0 unspecified atom stereocenters. The zero-order valence-electron chi connectivity index (χ0n) is 11.8. The summed E-state index contributed by atoms with van der Waals surface area (Å²) in [6, 6.07) is 3.80. The van der Waals surface area contributed by atoms with Crippen molar-refractivity contribution in [3.05, 3.63) is 50.1 Å².